The molecule has 0 saturated heterocycles. The first-order valence-corrected chi connectivity index (χ1v) is 7.41. The fourth-order valence-corrected chi connectivity index (χ4v) is 3.09. The van der Waals surface area contributed by atoms with Crippen molar-refractivity contribution in [2.75, 3.05) is 20.6 Å². The molecule has 1 aliphatic carbocycles. The van der Waals surface area contributed by atoms with Gasteiger partial charge in [-0.3, -0.25) is 4.90 Å². The van der Waals surface area contributed by atoms with Gasteiger partial charge in [0.25, 0.3) is 0 Å². The molecule has 0 aromatic heterocycles. The topological polar surface area (TPSA) is 23.5 Å². The molecule has 0 radical (unpaired) electrons. The quantitative estimate of drug-likeness (QED) is 0.854. The summed E-state index contributed by atoms with van der Waals surface area (Å²) in [5.74, 6) is 6.34. The highest BCUT2D eigenvalue weighted by atomic mass is 16.3. The van der Waals surface area contributed by atoms with Crippen LogP contribution in [0.1, 0.15) is 38.2 Å². The molecule has 1 aliphatic rings. The number of hydrogen-bond acceptors (Lipinski definition) is 2. The van der Waals surface area contributed by atoms with Crippen LogP contribution in [-0.2, 0) is 5.60 Å². The first kappa shape index (κ1) is 15.1. The van der Waals surface area contributed by atoms with Crippen molar-refractivity contribution in [1.29, 1.82) is 0 Å². The zero-order valence-corrected chi connectivity index (χ0v) is 12.8. The molecular formula is C18H25NO. The molecule has 0 spiro atoms. The van der Waals surface area contributed by atoms with Crippen LogP contribution in [0.2, 0.25) is 0 Å². The summed E-state index contributed by atoms with van der Waals surface area (Å²) >= 11 is 0. The van der Waals surface area contributed by atoms with Crippen molar-refractivity contribution in [2.24, 2.45) is 5.41 Å². The summed E-state index contributed by atoms with van der Waals surface area (Å²) in [5.41, 5.74) is -0.260. The molecule has 2 nitrogen and oxygen atoms in total. The highest BCUT2D eigenvalue weighted by Crippen LogP contribution is 2.50. The van der Waals surface area contributed by atoms with Gasteiger partial charge in [0.05, 0.1) is 6.54 Å². The van der Waals surface area contributed by atoms with E-state index in [1.165, 1.54) is 12.8 Å². The van der Waals surface area contributed by atoms with E-state index in [0.717, 1.165) is 18.4 Å². The third-order valence-corrected chi connectivity index (χ3v) is 4.44. The Morgan fingerprint density at radius 2 is 1.80 bits per heavy atom. The van der Waals surface area contributed by atoms with E-state index >= 15 is 0 Å². The highest BCUT2D eigenvalue weighted by molar-refractivity contribution is 5.35. The second kappa shape index (κ2) is 5.99. The molecule has 2 heteroatoms. The van der Waals surface area contributed by atoms with Gasteiger partial charge in [-0.2, -0.15) is 0 Å². The third-order valence-electron chi connectivity index (χ3n) is 4.44. The van der Waals surface area contributed by atoms with Gasteiger partial charge < -0.3 is 5.11 Å². The van der Waals surface area contributed by atoms with Gasteiger partial charge >= 0.3 is 0 Å². The minimum absolute atomic E-state index is 0.145. The van der Waals surface area contributed by atoms with Crippen molar-refractivity contribution >= 4 is 0 Å². The van der Waals surface area contributed by atoms with Crippen LogP contribution in [-0.4, -0.2) is 30.6 Å². The van der Waals surface area contributed by atoms with E-state index in [1.807, 2.05) is 49.3 Å². The van der Waals surface area contributed by atoms with Gasteiger partial charge in [0.2, 0.25) is 0 Å². The standard InChI is InChI=1S/C18H25NO/c1-17(12-7-8-13-17)18(20,14-9-15-19(2)3)16-10-5-4-6-11-16/h4-6,10-11,20H,7-8,12-13,15H2,1-3H3/t18-/m0/s1. The smallest absolute Gasteiger partial charge is 0.156 e. The van der Waals surface area contributed by atoms with Crippen molar-refractivity contribution in [3.05, 3.63) is 35.9 Å². The molecule has 1 N–H and O–H groups in total. The maximum atomic E-state index is 11.4. The Bertz CT molecular complexity index is 491. The van der Waals surface area contributed by atoms with Gasteiger partial charge in [-0.1, -0.05) is 61.9 Å². The first-order valence-electron chi connectivity index (χ1n) is 7.41. The molecule has 0 amide bonds. The molecule has 0 aliphatic heterocycles. The van der Waals surface area contributed by atoms with Crippen molar-refractivity contribution in [3.63, 3.8) is 0 Å². The summed E-state index contributed by atoms with van der Waals surface area (Å²) < 4.78 is 0. The molecule has 0 unspecified atom stereocenters. The molecule has 1 saturated carbocycles. The Morgan fingerprint density at radius 3 is 2.35 bits per heavy atom. The first-order chi connectivity index (χ1) is 9.48. The van der Waals surface area contributed by atoms with Gasteiger partial charge in [0.1, 0.15) is 0 Å². The lowest BCUT2D eigenvalue weighted by molar-refractivity contribution is -0.0278. The number of nitrogens with zero attached hydrogens (tertiary/aromatic N) is 1. The fraction of sp³-hybridized carbons (Fsp3) is 0.556. The van der Waals surface area contributed by atoms with Crippen LogP contribution in [0, 0.1) is 17.3 Å². The van der Waals surface area contributed by atoms with E-state index < -0.39 is 5.60 Å². The van der Waals surface area contributed by atoms with Crippen LogP contribution in [0.4, 0.5) is 0 Å². The SMILES string of the molecule is CN(C)CC#C[C@](O)(c1ccccc1)C1(C)CCCC1. The van der Waals surface area contributed by atoms with Gasteiger partial charge in [0, 0.05) is 5.41 Å². The van der Waals surface area contributed by atoms with E-state index in [1.54, 1.807) is 0 Å². The number of benzene rings is 1. The van der Waals surface area contributed by atoms with Crippen LogP contribution >= 0.6 is 0 Å². The minimum atomic E-state index is -1.04. The summed E-state index contributed by atoms with van der Waals surface area (Å²) in [5, 5.41) is 11.4. The Kier molecular flexibility index (Phi) is 4.52. The van der Waals surface area contributed by atoms with Crippen LogP contribution < -0.4 is 0 Å². The summed E-state index contributed by atoms with van der Waals surface area (Å²) in [7, 11) is 3.99. The van der Waals surface area contributed by atoms with E-state index in [-0.39, 0.29) is 5.41 Å². The predicted molar refractivity (Wildman–Crippen MR) is 83.2 cm³/mol. The number of hydrogen-bond donors (Lipinski definition) is 1. The summed E-state index contributed by atoms with van der Waals surface area (Å²) in [6.07, 6.45) is 4.44. The van der Waals surface area contributed by atoms with E-state index in [4.69, 9.17) is 0 Å². The Labute approximate surface area is 122 Å². The molecule has 20 heavy (non-hydrogen) atoms. The average Bonchev–Trinajstić information content (AvgIpc) is 2.87. The largest absolute Gasteiger partial charge is 0.373 e. The van der Waals surface area contributed by atoms with Crippen LogP contribution in [0.5, 0.6) is 0 Å². The van der Waals surface area contributed by atoms with E-state index in [9.17, 15) is 5.11 Å². The maximum Gasteiger partial charge on any atom is 0.156 e. The second-order valence-corrected chi connectivity index (χ2v) is 6.38. The van der Waals surface area contributed by atoms with Crippen LogP contribution in [0.25, 0.3) is 0 Å². The molecule has 1 atom stereocenters. The van der Waals surface area contributed by atoms with E-state index in [0.29, 0.717) is 6.54 Å². The monoisotopic (exact) mass is 271 g/mol. The van der Waals surface area contributed by atoms with E-state index in [2.05, 4.69) is 18.8 Å². The molecule has 0 bridgehead atoms. The molecule has 2 rings (SSSR count). The lowest BCUT2D eigenvalue weighted by Crippen LogP contribution is -2.41. The summed E-state index contributed by atoms with van der Waals surface area (Å²) in [6.45, 7) is 2.85. The summed E-state index contributed by atoms with van der Waals surface area (Å²) in [6, 6.07) is 9.93. The molecule has 1 fully saturated rings. The molecule has 1 aromatic carbocycles. The van der Waals surface area contributed by atoms with Crippen molar-refractivity contribution in [2.45, 2.75) is 38.2 Å². The minimum Gasteiger partial charge on any atom is -0.373 e. The zero-order valence-electron chi connectivity index (χ0n) is 12.8. The Hall–Kier alpha value is -1.30. The Balaban J connectivity index is 2.40. The molecular weight excluding hydrogens is 246 g/mol. The highest BCUT2D eigenvalue weighted by Gasteiger charge is 2.48. The van der Waals surface area contributed by atoms with Crippen molar-refractivity contribution in [1.82, 2.24) is 4.90 Å². The number of aliphatic hydroxyl groups is 1. The normalized spacial score (nSPS) is 20.2. The van der Waals surface area contributed by atoms with Gasteiger partial charge in [-0.25, -0.2) is 0 Å². The van der Waals surface area contributed by atoms with Crippen LogP contribution in [0.15, 0.2) is 30.3 Å². The second-order valence-electron chi connectivity index (χ2n) is 6.38. The van der Waals surface area contributed by atoms with Crippen molar-refractivity contribution < 1.29 is 5.11 Å². The van der Waals surface area contributed by atoms with Gasteiger partial charge in [-0.15, -0.1) is 0 Å². The molecule has 108 valence electrons. The lowest BCUT2D eigenvalue weighted by Gasteiger charge is -2.39. The van der Waals surface area contributed by atoms with Gasteiger partial charge in [0.15, 0.2) is 5.60 Å². The van der Waals surface area contributed by atoms with Crippen molar-refractivity contribution in [3.8, 4) is 11.8 Å². The number of rotatable bonds is 3. The lowest BCUT2D eigenvalue weighted by atomic mass is 9.68. The van der Waals surface area contributed by atoms with Gasteiger partial charge in [-0.05, 0) is 32.5 Å². The Morgan fingerprint density at radius 1 is 1.20 bits per heavy atom. The predicted octanol–water partition coefficient (Wildman–Crippen LogP) is 3.02. The molecule has 0 heterocycles. The zero-order chi connectivity index (χ0) is 14.6. The van der Waals surface area contributed by atoms with Crippen LogP contribution in [0.3, 0.4) is 0 Å². The fourth-order valence-electron chi connectivity index (χ4n) is 3.09. The summed E-state index contributed by atoms with van der Waals surface area (Å²) in [4.78, 5) is 2.02. The maximum absolute atomic E-state index is 11.4. The average molecular weight is 271 g/mol. The third kappa shape index (κ3) is 2.90. The molecule has 1 aromatic rings.